The highest BCUT2D eigenvalue weighted by Crippen LogP contribution is 2.40. The molecule has 2 unspecified atom stereocenters. The third kappa shape index (κ3) is 2.46. The van der Waals surface area contributed by atoms with Crippen molar-refractivity contribution in [3.05, 3.63) is 0 Å². The molecule has 2 atom stereocenters. The van der Waals surface area contributed by atoms with Crippen LogP contribution in [0.5, 0.6) is 0 Å². The number of nitrogens with zero attached hydrogens (tertiary/aromatic N) is 1. The van der Waals surface area contributed by atoms with Gasteiger partial charge in [0.25, 0.3) is 0 Å². The zero-order valence-electron chi connectivity index (χ0n) is 9.63. The van der Waals surface area contributed by atoms with Gasteiger partial charge in [0.1, 0.15) is 0 Å². The standard InChI is InChI=1S/C11H17NO4S/c12-7-11(3-6-17(14,15)8-11)10(13)9-1-4-16-5-2-9/h9-10,13H,1-6,8H2. The van der Waals surface area contributed by atoms with Crippen LogP contribution in [0, 0.1) is 22.7 Å². The van der Waals surface area contributed by atoms with E-state index in [9.17, 15) is 18.8 Å². The zero-order valence-corrected chi connectivity index (χ0v) is 10.4. The summed E-state index contributed by atoms with van der Waals surface area (Å²) in [6.45, 7) is 1.16. The summed E-state index contributed by atoms with van der Waals surface area (Å²) in [6.07, 6.45) is 0.799. The van der Waals surface area contributed by atoms with Crippen LogP contribution >= 0.6 is 0 Å². The van der Waals surface area contributed by atoms with Gasteiger partial charge in [-0.25, -0.2) is 8.42 Å². The molecule has 0 saturated carbocycles. The van der Waals surface area contributed by atoms with Gasteiger partial charge in [-0.15, -0.1) is 0 Å². The minimum atomic E-state index is -3.16. The van der Waals surface area contributed by atoms with Gasteiger partial charge in [0.15, 0.2) is 9.84 Å². The third-order valence-corrected chi connectivity index (χ3v) is 5.62. The molecule has 0 aliphatic carbocycles. The molecule has 1 N–H and O–H groups in total. The van der Waals surface area contributed by atoms with E-state index in [1.54, 1.807) is 0 Å². The van der Waals surface area contributed by atoms with Crippen LogP contribution in [0.1, 0.15) is 19.3 Å². The SMILES string of the molecule is N#CC1(C(O)C2CCOCC2)CCS(=O)(=O)C1. The summed E-state index contributed by atoms with van der Waals surface area (Å²) in [5.41, 5.74) is -1.10. The number of ether oxygens (including phenoxy) is 1. The van der Waals surface area contributed by atoms with Crippen molar-refractivity contribution >= 4 is 9.84 Å². The van der Waals surface area contributed by atoms with E-state index >= 15 is 0 Å². The van der Waals surface area contributed by atoms with Crippen LogP contribution in [0.2, 0.25) is 0 Å². The van der Waals surface area contributed by atoms with Crippen LogP contribution < -0.4 is 0 Å². The number of nitriles is 1. The van der Waals surface area contributed by atoms with E-state index in [0.717, 1.165) is 0 Å². The fraction of sp³-hybridized carbons (Fsp3) is 0.909. The van der Waals surface area contributed by atoms with E-state index in [1.807, 2.05) is 0 Å². The molecule has 2 saturated heterocycles. The summed E-state index contributed by atoms with van der Waals surface area (Å²) in [4.78, 5) is 0. The minimum Gasteiger partial charge on any atom is -0.391 e. The van der Waals surface area contributed by atoms with Gasteiger partial charge in [0.05, 0.1) is 29.1 Å². The van der Waals surface area contributed by atoms with Crippen molar-refractivity contribution in [2.45, 2.75) is 25.4 Å². The van der Waals surface area contributed by atoms with Crippen molar-refractivity contribution in [2.24, 2.45) is 11.3 Å². The number of hydrogen-bond donors (Lipinski definition) is 1. The Morgan fingerprint density at radius 2 is 2.06 bits per heavy atom. The van der Waals surface area contributed by atoms with E-state index in [2.05, 4.69) is 6.07 Å². The molecule has 2 aliphatic heterocycles. The van der Waals surface area contributed by atoms with E-state index in [1.165, 1.54) is 0 Å². The Hall–Kier alpha value is -0.640. The number of rotatable bonds is 2. The molecule has 0 aromatic heterocycles. The Kier molecular flexibility index (Phi) is 3.43. The predicted molar refractivity (Wildman–Crippen MR) is 60.9 cm³/mol. The van der Waals surface area contributed by atoms with Crippen molar-refractivity contribution in [3.63, 3.8) is 0 Å². The maximum Gasteiger partial charge on any atom is 0.152 e. The first kappa shape index (κ1) is 12.8. The Morgan fingerprint density at radius 1 is 1.41 bits per heavy atom. The molecule has 17 heavy (non-hydrogen) atoms. The molecule has 96 valence electrons. The number of aliphatic hydroxyl groups excluding tert-OH is 1. The van der Waals surface area contributed by atoms with Crippen LogP contribution in [-0.2, 0) is 14.6 Å². The zero-order chi connectivity index (χ0) is 12.5. The lowest BCUT2D eigenvalue weighted by Crippen LogP contribution is -2.42. The smallest absolute Gasteiger partial charge is 0.152 e. The van der Waals surface area contributed by atoms with E-state index in [0.29, 0.717) is 26.1 Å². The van der Waals surface area contributed by atoms with Gasteiger partial charge in [0.2, 0.25) is 0 Å². The largest absolute Gasteiger partial charge is 0.391 e. The van der Waals surface area contributed by atoms with E-state index in [-0.39, 0.29) is 23.8 Å². The summed E-state index contributed by atoms with van der Waals surface area (Å²) in [5, 5.41) is 19.6. The molecule has 0 amide bonds. The average Bonchev–Trinajstić information content (AvgIpc) is 2.66. The van der Waals surface area contributed by atoms with Crippen molar-refractivity contribution in [2.75, 3.05) is 24.7 Å². The molecule has 0 radical (unpaired) electrons. The Morgan fingerprint density at radius 3 is 2.53 bits per heavy atom. The molecule has 0 aromatic carbocycles. The van der Waals surface area contributed by atoms with Gasteiger partial charge >= 0.3 is 0 Å². The minimum absolute atomic E-state index is 0.0147. The molecular formula is C11H17NO4S. The first-order valence-corrected chi connectivity index (χ1v) is 7.69. The Bertz CT molecular complexity index is 421. The summed E-state index contributed by atoms with van der Waals surface area (Å²) in [6, 6.07) is 2.06. The summed E-state index contributed by atoms with van der Waals surface area (Å²) < 4.78 is 28.2. The maximum absolute atomic E-state index is 11.5. The van der Waals surface area contributed by atoms with Gasteiger partial charge in [-0.1, -0.05) is 0 Å². The van der Waals surface area contributed by atoms with Gasteiger partial charge < -0.3 is 9.84 Å². The molecule has 5 nitrogen and oxygen atoms in total. The Balaban J connectivity index is 2.16. The molecule has 0 aromatic rings. The lowest BCUT2D eigenvalue weighted by atomic mass is 9.75. The lowest BCUT2D eigenvalue weighted by molar-refractivity contribution is -0.0308. The molecule has 0 spiro atoms. The highest BCUT2D eigenvalue weighted by atomic mass is 32.2. The molecule has 2 rings (SSSR count). The quantitative estimate of drug-likeness (QED) is 0.760. The molecular weight excluding hydrogens is 242 g/mol. The van der Waals surface area contributed by atoms with Gasteiger partial charge in [-0.3, -0.25) is 0 Å². The molecule has 6 heteroatoms. The summed E-state index contributed by atoms with van der Waals surface area (Å²) >= 11 is 0. The van der Waals surface area contributed by atoms with Crippen LogP contribution in [0.15, 0.2) is 0 Å². The van der Waals surface area contributed by atoms with Crippen molar-refractivity contribution in [3.8, 4) is 6.07 Å². The third-order valence-electron chi connectivity index (χ3n) is 3.84. The Labute approximate surface area is 101 Å². The second-order valence-corrected chi connectivity index (χ2v) is 7.19. The van der Waals surface area contributed by atoms with Crippen LogP contribution in [-0.4, -0.2) is 44.3 Å². The van der Waals surface area contributed by atoms with E-state index < -0.39 is 21.4 Å². The fourth-order valence-electron chi connectivity index (χ4n) is 2.74. The first-order chi connectivity index (χ1) is 7.99. The molecule has 2 aliphatic rings. The predicted octanol–water partition coefficient (Wildman–Crippen LogP) is 0.102. The topological polar surface area (TPSA) is 87.4 Å². The maximum atomic E-state index is 11.5. The lowest BCUT2D eigenvalue weighted by Gasteiger charge is -2.34. The first-order valence-electron chi connectivity index (χ1n) is 5.87. The molecule has 2 heterocycles. The van der Waals surface area contributed by atoms with E-state index in [4.69, 9.17) is 4.74 Å². The van der Waals surface area contributed by atoms with Crippen LogP contribution in [0.3, 0.4) is 0 Å². The number of hydrogen-bond acceptors (Lipinski definition) is 5. The van der Waals surface area contributed by atoms with Crippen molar-refractivity contribution in [1.82, 2.24) is 0 Å². The summed E-state index contributed by atoms with van der Waals surface area (Å²) in [5.74, 6) is -0.202. The highest BCUT2D eigenvalue weighted by molar-refractivity contribution is 7.91. The van der Waals surface area contributed by atoms with Gasteiger partial charge in [-0.05, 0) is 25.2 Å². The normalized spacial score (nSPS) is 35.3. The fourth-order valence-corrected chi connectivity index (χ4v) is 4.73. The second kappa shape index (κ2) is 4.56. The van der Waals surface area contributed by atoms with Crippen LogP contribution in [0.25, 0.3) is 0 Å². The van der Waals surface area contributed by atoms with Gasteiger partial charge in [0, 0.05) is 13.2 Å². The van der Waals surface area contributed by atoms with Crippen LogP contribution in [0.4, 0.5) is 0 Å². The van der Waals surface area contributed by atoms with Crippen molar-refractivity contribution < 1.29 is 18.3 Å². The monoisotopic (exact) mass is 259 g/mol. The number of sulfone groups is 1. The second-order valence-electron chi connectivity index (χ2n) is 5.00. The highest BCUT2D eigenvalue weighted by Gasteiger charge is 2.50. The molecule has 0 bridgehead atoms. The van der Waals surface area contributed by atoms with Gasteiger partial charge in [-0.2, -0.15) is 5.26 Å². The molecule has 2 fully saturated rings. The number of aliphatic hydroxyl groups is 1. The average molecular weight is 259 g/mol. The summed E-state index contributed by atoms with van der Waals surface area (Å²) in [7, 11) is -3.16. The van der Waals surface area contributed by atoms with Crippen molar-refractivity contribution in [1.29, 1.82) is 5.26 Å².